The maximum atomic E-state index is 12.8. The van der Waals surface area contributed by atoms with Crippen LogP contribution < -0.4 is 10.2 Å². The third-order valence-corrected chi connectivity index (χ3v) is 6.74. The van der Waals surface area contributed by atoms with Crippen LogP contribution in [0.15, 0.2) is 47.6 Å². The number of rotatable bonds is 7. The van der Waals surface area contributed by atoms with Gasteiger partial charge < -0.3 is 15.1 Å². The molecule has 168 valence electrons. The van der Waals surface area contributed by atoms with E-state index in [1.54, 1.807) is 4.68 Å². The van der Waals surface area contributed by atoms with E-state index in [-0.39, 0.29) is 11.7 Å². The molecule has 2 heterocycles. The van der Waals surface area contributed by atoms with Crippen LogP contribution in [-0.4, -0.2) is 69.5 Å². The number of halogens is 1. The van der Waals surface area contributed by atoms with Crippen LogP contribution in [0.1, 0.15) is 12.5 Å². The lowest BCUT2D eigenvalue weighted by atomic mass is 10.2. The molecule has 10 heteroatoms. The molecule has 1 amide bonds. The van der Waals surface area contributed by atoms with Crippen molar-refractivity contribution in [1.29, 1.82) is 0 Å². The molecule has 0 spiro atoms. The van der Waals surface area contributed by atoms with Crippen LogP contribution in [0.2, 0.25) is 5.02 Å². The Bertz CT molecular complexity index is 1080. The quantitative estimate of drug-likeness (QED) is 0.528. The Hall–Kier alpha value is -2.62. The van der Waals surface area contributed by atoms with Gasteiger partial charge in [0.1, 0.15) is 0 Å². The number of piperazine rings is 1. The number of tetrazole rings is 1. The second-order valence-corrected chi connectivity index (χ2v) is 8.90. The van der Waals surface area contributed by atoms with Gasteiger partial charge in [0.15, 0.2) is 0 Å². The number of amides is 1. The molecule has 4 rings (SSSR count). The first-order chi connectivity index (χ1) is 15.6. The van der Waals surface area contributed by atoms with Crippen LogP contribution in [0, 0.1) is 6.92 Å². The maximum absolute atomic E-state index is 12.8. The number of anilines is 2. The summed E-state index contributed by atoms with van der Waals surface area (Å²) in [6, 6.07) is 13.5. The molecule has 0 aliphatic carbocycles. The molecular formula is C22H26ClN7OS. The van der Waals surface area contributed by atoms with Gasteiger partial charge in [-0.15, -0.1) is 5.10 Å². The zero-order valence-electron chi connectivity index (χ0n) is 18.2. The van der Waals surface area contributed by atoms with Crippen LogP contribution in [0.5, 0.6) is 0 Å². The highest BCUT2D eigenvalue weighted by Gasteiger charge is 2.22. The molecule has 1 N–H and O–H groups in total. The van der Waals surface area contributed by atoms with Crippen molar-refractivity contribution in [2.45, 2.75) is 19.0 Å². The molecule has 1 fully saturated rings. The third-order valence-electron chi connectivity index (χ3n) is 5.51. The number of carbonyl (C=O) groups is 1. The number of aryl methyl sites for hydroxylation is 1. The van der Waals surface area contributed by atoms with Crippen molar-refractivity contribution in [3.8, 4) is 5.69 Å². The van der Waals surface area contributed by atoms with Crippen molar-refractivity contribution in [3.63, 3.8) is 0 Å². The van der Waals surface area contributed by atoms with E-state index in [4.69, 9.17) is 11.6 Å². The number of carbonyl (C=O) groups excluding carboxylic acids is 1. The number of likely N-dealkylation sites (N-methyl/N-ethyl adjacent to an activating group) is 1. The van der Waals surface area contributed by atoms with Crippen LogP contribution >= 0.6 is 23.4 Å². The Labute approximate surface area is 196 Å². The highest BCUT2D eigenvalue weighted by atomic mass is 35.5. The summed E-state index contributed by atoms with van der Waals surface area (Å²) in [6.45, 7) is 8.92. The number of benzene rings is 2. The summed E-state index contributed by atoms with van der Waals surface area (Å²) >= 11 is 7.83. The molecule has 8 nitrogen and oxygen atoms in total. The van der Waals surface area contributed by atoms with Gasteiger partial charge in [0, 0.05) is 26.2 Å². The molecule has 0 atom stereocenters. The summed E-state index contributed by atoms with van der Waals surface area (Å²) in [5.74, 6) is 0.0481. The molecule has 0 unspecified atom stereocenters. The number of aromatic nitrogens is 4. The van der Waals surface area contributed by atoms with Gasteiger partial charge in [-0.3, -0.25) is 4.79 Å². The normalized spacial score (nSPS) is 14.5. The number of nitrogens with one attached hydrogen (secondary N) is 1. The average molecular weight is 472 g/mol. The molecule has 1 aromatic heterocycles. The molecular weight excluding hydrogens is 446 g/mol. The van der Waals surface area contributed by atoms with E-state index in [9.17, 15) is 4.79 Å². The van der Waals surface area contributed by atoms with E-state index in [1.807, 2.05) is 49.4 Å². The average Bonchev–Trinajstić information content (AvgIpc) is 3.27. The summed E-state index contributed by atoms with van der Waals surface area (Å²) in [5, 5.41) is 16.2. The summed E-state index contributed by atoms with van der Waals surface area (Å²) in [6.07, 6.45) is 0. The van der Waals surface area contributed by atoms with Crippen molar-refractivity contribution >= 4 is 40.6 Å². The van der Waals surface area contributed by atoms with E-state index in [0.29, 0.717) is 10.2 Å². The number of thioether (sulfide) groups is 1. The standard InChI is InChI=1S/C22H26ClN7OS/c1-3-28-11-13-29(14-12-28)21-17(23)8-6-9-18(21)24-20(31)15-32-22-25-26-27-30(22)19-10-5-4-7-16(19)2/h4-10H,3,11-15H2,1-2H3,(H,24,31). The van der Waals surface area contributed by atoms with Gasteiger partial charge in [0.05, 0.1) is 27.8 Å². The smallest absolute Gasteiger partial charge is 0.234 e. The number of hydrogen-bond acceptors (Lipinski definition) is 7. The Morgan fingerprint density at radius 1 is 1.12 bits per heavy atom. The highest BCUT2D eigenvalue weighted by Crippen LogP contribution is 2.35. The second kappa shape index (κ2) is 10.3. The largest absolute Gasteiger partial charge is 0.366 e. The second-order valence-electron chi connectivity index (χ2n) is 7.55. The lowest BCUT2D eigenvalue weighted by Gasteiger charge is -2.36. The Balaban J connectivity index is 1.44. The van der Waals surface area contributed by atoms with Gasteiger partial charge in [0.2, 0.25) is 11.1 Å². The predicted molar refractivity (Wildman–Crippen MR) is 129 cm³/mol. The van der Waals surface area contributed by atoms with Gasteiger partial charge in [0.25, 0.3) is 0 Å². The number of hydrogen-bond donors (Lipinski definition) is 1. The molecule has 1 aliphatic rings. The van der Waals surface area contributed by atoms with Crippen LogP contribution in [-0.2, 0) is 4.79 Å². The van der Waals surface area contributed by atoms with E-state index in [2.05, 4.69) is 37.6 Å². The molecule has 2 aromatic carbocycles. The Morgan fingerprint density at radius 3 is 2.66 bits per heavy atom. The fourth-order valence-corrected chi connectivity index (χ4v) is 4.74. The van der Waals surface area contributed by atoms with Gasteiger partial charge in [-0.2, -0.15) is 4.68 Å². The van der Waals surface area contributed by atoms with Crippen LogP contribution in [0.4, 0.5) is 11.4 Å². The minimum Gasteiger partial charge on any atom is -0.366 e. The van der Waals surface area contributed by atoms with E-state index in [1.165, 1.54) is 11.8 Å². The first kappa shape index (κ1) is 22.6. The summed E-state index contributed by atoms with van der Waals surface area (Å²) < 4.78 is 1.66. The zero-order valence-corrected chi connectivity index (χ0v) is 19.7. The van der Waals surface area contributed by atoms with Crippen molar-refractivity contribution in [3.05, 3.63) is 53.1 Å². The minimum absolute atomic E-state index is 0.134. The lowest BCUT2D eigenvalue weighted by molar-refractivity contribution is -0.113. The molecule has 0 saturated carbocycles. The molecule has 0 bridgehead atoms. The molecule has 1 saturated heterocycles. The predicted octanol–water partition coefficient (Wildman–Crippen LogP) is 3.50. The van der Waals surface area contributed by atoms with E-state index >= 15 is 0 Å². The first-order valence-corrected chi connectivity index (χ1v) is 12.0. The van der Waals surface area contributed by atoms with E-state index in [0.717, 1.165) is 55.3 Å². The fourth-order valence-electron chi connectivity index (χ4n) is 3.76. The van der Waals surface area contributed by atoms with E-state index < -0.39 is 0 Å². The molecule has 3 aromatic rings. The molecule has 32 heavy (non-hydrogen) atoms. The zero-order chi connectivity index (χ0) is 22.5. The van der Waals surface area contributed by atoms with Crippen LogP contribution in [0.3, 0.4) is 0 Å². The van der Waals surface area contributed by atoms with Crippen molar-refractivity contribution < 1.29 is 4.79 Å². The SMILES string of the molecule is CCN1CCN(c2c(Cl)cccc2NC(=O)CSc2nnnn2-c2ccccc2C)CC1. The van der Waals surface area contributed by atoms with Gasteiger partial charge >= 0.3 is 0 Å². The van der Waals surface area contributed by atoms with Crippen molar-refractivity contribution in [2.24, 2.45) is 0 Å². The topological polar surface area (TPSA) is 79.2 Å². The Morgan fingerprint density at radius 2 is 1.91 bits per heavy atom. The molecule has 1 aliphatic heterocycles. The highest BCUT2D eigenvalue weighted by molar-refractivity contribution is 7.99. The number of nitrogens with zero attached hydrogens (tertiary/aromatic N) is 6. The maximum Gasteiger partial charge on any atom is 0.234 e. The monoisotopic (exact) mass is 471 g/mol. The summed E-state index contributed by atoms with van der Waals surface area (Å²) in [4.78, 5) is 17.4. The van der Waals surface area contributed by atoms with Crippen molar-refractivity contribution in [1.82, 2.24) is 25.1 Å². The van der Waals surface area contributed by atoms with Crippen molar-refractivity contribution in [2.75, 3.05) is 48.7 Å². The number of para-hydroxylation sites is 2. The minimum atomic E-state index is -0.134. The lowest BCUT2D eigenvalue weighted by Crippen LogP contribution is -2.46. The third kappa shape index (κ3) is 5.06. The van der Waals surface area contributed by atoms with Gasteiger partial charge in [-0.05, 0) is 47.7 Å². The summed E-state index contributed by atoms with van der Waals surface area (Å²) in [7, 11) is 0. The molecule has 0 radical (unpaired) electrons. The van der Waals surface area contributed by atoms with Gasteiger partial charge in [-0.25, -0.2) is 0 Å². The summed E-state index contributed by atoms with van der Waals surface area (Å²) in [5.41, 5.74) is 3.56. The Kier molecular flexibility index (Phi) is 7.29. The van der Waals surface area contributed by atoms with Gasteiger partial charge in [-0.1, -0.05) is 54.6 Å². The first-order valence-electron chi connectivity index (χ1n) is 10.6. The fraction of sp³-hybridized carbons (Fsp3) is 0.364. The van der Waals surface area contributed by atoms with Crippen LogP contribution in [0.25, 0.3) is 5.69 Å².